The minimum absolute atomic E-state index is 0. The van der Waals surface area contributed by atoms with E-state index in [-0.39, 0.29) is 29.2 Å². The van der Waals surface area contributed by atoms with Crippen LogP contribution in [0.15, 0.2) is 18.2 Å². The predicted octanol–water partition coefficient (Wildman–Crippen LogP) is 3.45. The van der Waals surface area contributed by atoms with Gasteiger partial charge >= 0.3 is 0 Å². The van der Waals surface area contributed by atoms with E-state index in [0.29, 0.717) is 5.56 Å². The third-order valence-corrected chi connectivity index (χ3v) is 3.90. The van der Waals surface area contributed by atoms with Crippen molar-refractivity contribution in [2.75, 3.05) is 0 Å². The third kappa shape index (κ3) is 3.35. The number of halogens is 3. The fourth-order valence-corrected chi connectivity index (χ4v) is 2.84. The maximum Gasteiger partial charge on any atom is 0.124 e. The molecule has 1 saturated carbocycles. The van der Waals surface area contributed by atoms with Gasteiger partial charge in [0.05, 0.1) is 12.1 Å². The average molecular weight is 294 g/mol. The molecule has 3 N–H and O–H groups in total. The van der Waals surface area contributed by atoms with Gasteiger partial charge in [-0.3, -0.25) is 0 Å². The molecular formula is C13H18Cl2FNO. The van der Waals surface area contributed by atoms with Crippen LogP contribution in [0, 0.1) is 11.7 Å². The number of rotatable bonds is 3. The van der Waals surface area contributed by atoms with E-state index in [1.807, 2.05) is 0 Å². The van der Waals surface area contributed by atoms with E-state index in [2.05, 4.69) is 0 Å². The van der Waals surface area contributed by atoms with Gasteiger partial charge in [-0.1, -0.05) is 30.5 Å². The summed E-state index contributed by atoms with van der Waals surface area (Å²) in [5.74, 6) is -0.146. The molecule has 102 valence electrons. The van der Waals surface area contributed by atoms with Crippen LogP contribution in [0.1, 0.15) is 37.3 Å². The van der Waals surface area contributed by atoms with Crippen molar-refractivity contribution >= 4 is 24.0 Å². The van der Waals surface area contributed by atoms with Crippen molar-refractivity contribution in [3.63, 3.8) is 0 Å². The first-order valence-electron chi connectivity index (χ1n) is 5.98. The van der Waals surface area contributed by atoms with E-state index in [9.17, 15) is 9.50 Å². The second kappa shape index (κ2) is 6.71. The van der Waals surface area contributed by atoms with Gasteiger partial charge in [-0.15, -0.1) is 12.4 Å². The standard InChI is InChI=1S/C13H17ClFNO.ClH/c14-11-7-9(15)5-6-10(11)12(16)13(17)8-3-1-2-4-8;/h5-8,12-13,17H,1-4,16H2;1H/t12-,13+;/m1./s1. The molecule has 0 radical (unpaired) electrons. The lowest BCUT2D eigenvalue weighted by Crippen LogP contribution is -2.32. The Bertz CT molecular complexity index is 397. The van der Waals surface area contributed by atoms with Crippen molar-refractivity contribution in [3.05, 3.63) is 34.6 Å². The van der Waals surface area contributed by atoms with Crippen LogP contribution in [-0.4, -0.2) is 11.2 Å². The van der Waals surface area contributed by atoms with Crippen molar-refractivity contribution in [1.29, 1.82) is 0 Å². The van der Waals surface area contributed by atoms with E-state index in [1.165, 1.54) is 12.1 Å². The van der Waals surface area contributed by atoms with Crippen LogP contribution >= 0.6 is 24.0 Å². The molecule has 18 heavy (non-hydrogen) atoms. The summed E-state index contributed by atoms with van der Waals surface area (Å²) in [6.45, 7) is 0. The number of nitrogens with two attached hydrogens (primary N) is 1. The fourth-order valence-electron chi connectivity index (χ4n) is 2.55. The summed E-state index contributed by atoms with van der Waals surface area (Å²) in [5, 5.41) is 10.5. The van der Waals surface area contributed by atoms with Crippen LogP contribution in [0.25, 0.3) is 0 Å². The Balaban J connectivity index is 0.00000162. The minimum atomic E-state index is -0.597. The van der Waals surface area contributed by atoms with Crippen molar-refractivity contribution in [2.45, 2.75) is 37.8 Å². The lowest BCUT2D eigenvalue weighted by atomic mass is 9.91. The van der Waals surface area contributed by atoms with Crippen molar-refractivity contribution < 1.29 is 9.50 Å². The number of aliphatic hydroxyl groups is 1. The largest absolute Gasteiger partial charge is 0.391 e. The minimum Gasteiger partial charge on any atom is -0.391 e. The molecule has 0 saturated heterocycles. The van der Waals surface area contributed by atoms with E-state index >= 15 is 0 Å². The first-order valence-corrected chi connectivity index (χ1v) is 6.36. The second-order valence-electron chi connectivity index (χ2n) is 4.73. The summed E-state index contributed by atoms with van der Waals surface area (Å²) >= 11 is 5.94. The summed E-state index contributed by atoms with van der Waals surface area (Å²) in [4.78, 5) is 0. The van der Waals surface area contributed by atoms with Crippen LogP contribution in [-0.2, 0) is 0 Å². The molecule has 1 aliphatic carbocycles. The zero-order chi connectivity index (χ0) is 12.4. The van der Waals surface area contributed by atoms with Gasteiger partial charge in [0.1, 0.15) is 5.82 Å². The number of hydrogen-bond acceptors (Lipinski definition) is 2. The quantitative estimate of drug-likeness (QED) is 0.897. The second-order valence-corrected chi connectivity index (χ2v) is 5.13. The zero-order valence-corrected chi connectivity index (χ0v) is 11.6. The van der Waals surface area contributed by atoms with Gasteiger partial charge in [0, 0.05) is 5.02 Å². The maximum atomic E-state index is 12.9. The van der Waals surface area contributed by atoms with E-state index in [4.69, 9.17) is 17.3 Å². The SMILES string of the molecule is Cl.N[C@H](c1ccc(F)cc1Cl)[C@@H](O)C1CCCC1. The highest BCUT2D eigenvalue weighted by atomic mass is 35.5. The van der Waals surface area contributed by atoms with E-state index < -0.39 is 12.1 Å². The average Bonchev–Trinajstić information content (AvgIpc) is 2.80. The topological polar surface area (TPSA) is 46.2 Å². The molecule has 0 spiro atoms. The normalized spacial score (nSPS) is 19.3. The lowest BCUT2D eigenvalue weighted by Gasteiger charge is -2.25. The summed E-state index contributed by atoms with van der Waals surface area (Å²) in [6, 6.07) is 3.58. The first kappa shape index (κ1) is 15.7. The summed E-state index contributed by atoms with van der Waals surface area (Å²) in [5.41, 5.74) is 6.63. The molecule has 5 heteroatoms. The number of hydrogen-bond donors (Lipinski definition) is 2. The van der Waals surface area contributed by atoms with Gasteiger partial charge in [-0.05, 0) is 36.5 Å². The molecule has 1 aliphatic rings. The van der Waals surface area contributed by atoms with Crippen LogP contribution < -0.4 is 5.73 Å². The van der Waals surface area contributed by atoms with Crippen LogP contribution in [0.3, 0.4) is 0 Å². The summed E-state index contributed by atoms with van der Waals surface area (Å²) in [6.07, 6.45) is 3.71. The highest BCUT2D eigenvalue weighted by Crippen LogP contribution is 2.34. The highest BCUT2D eigenvalue weighted by Gasteiger charge is 2.29. The van der Waals surface area contributed by atoms with Gasteiger partial charge in [-0.25, -0.2) is 4.39 Å². The van der Waals surface area contributed by atoms with E-state index in [0.717, 1.165) is 25.7 Å². The van der Waals surface area contributed by atoms with Gasteiger partial charge in [0.2, 0.25) is 0 Å². The summed E-state index contributed by atoms with van der Waals surface area (Å²) in [7, 11) is 0. The van der Waals surface area contributed by atoms with Crippen molar-refractivity contribution in [1.82, 2.24) is 0 Å². The third-order valence-electron chi connectivity index (χ3n) is 3.57. The molecule has 0 heterocycles. The number of aliphatic hydroxyl groups excluding tert-OH is 1. The van der Waals surface area contributed by atoms with Gasteiger partial charge < -0.3 is 10.8 Å². The molecule has 0 unspecified atom stereocenters. The molecule has 1 fully saturated rings. The first-order chi connectivity index (χ1) is 8.09. The van der Waals surface area contributed by atoms with Gasteiger partial charge in [-0.2, -0.15) is 0 Å². The maximum absolute atomic E-state index is 12.9. The lowest BCUT2D eigenvalue weighted by molar-refractivity contribution is 0.0845. The molecule has 0 aliphatic heterocycles. The predicted molar refractivity (Wildman–Crippen MR) is 73.6 cm³/mol. The molecule has 2 nitrogen and oxygen atoms in total. The smallest absolute Gasteiger partial charge is 0.124 e. The van der Waals surface area contributed by atoms with Crippen LogP contribution in [0.5, 0.6) is 0 Å². The Kier molecular flexibility index (Phi) is 5.86. The molecule has 1 aromatic carbocycles. The Morgan fingerprint density at radius 2 is 1.94 bits per heavy atom. The molecule has 1 aromatic rings. The van der Waals surface area contributed by atoms with Crippen LogP contribution in [0.4, 0.5) is 4.39 Å². The number of benzene rings is 1. The van der Waals surface area contributed by atoms with Gasteiger partial charge in [0.25, 0.3) is 0 Å². The summed E-state index contributed by atoms with van der Waals surface area (Å²) < 4.78 is 12.9. The molecule has 0 bridgehead atoms. The zero-order valence-electron chi connectivity index (χ0n) is 9.98. The molecule has 0 amide bonds. The molecule has 2 rings (SSSR count). The Labute approximate surface area is 118 Å². The molecular weight excluding hydrogens is 276 g/mol. The Morgan fingerprint density at radius 3 is 2.50 bits per heavy atom. The van der Waals surface area contributed by atoms with Crippen molar-refractivity contribution in [2.24, 2.45) is 11.7 Å². The Hall–Kier alpha value is -0.350. The van der Waals surface area contributed by atoms with Crippen LogP contribution in [0.2, 0.25) is 5.02 Å². The van der Waals surface area contributed by atoms with E-state index in [1.54, 1.807) is 6.07 Å². The van der Waals surface area contributed by atoms with Crippen molar-refractivity contribution in [3.8, 4) is 0 Å². The molecule has 0 aromatic heterocycles. The fraction of sp³-hybridized carbons (Fsp3) is 0.538. The monoisotopic (exact) mass is 293 g/mol. The Morgan fingerprint density at radius 1 is 1.33 bits per heavy atom. The molecule has 2 atom stereocenters. The highest BCUT2D eigenvalue weighted by molar-refractivity contribution is 6.31. The van der Waals surface area contributed by atoms with Gasteiger partial charge in [0.15, 0.2) is 0 Å².